The topological polar surface area (TPSA) is 46.3 Å². The molecule has 2 rings (SSSR count). The van der Waals surface area contributed by atoms with Crippen LogP contribution in [0.15, 0.2) is 18.2 Å². The van der Waals surface area contributed by atoms with Crippen LogP contribution in [0.3, 0.4) is 0 Å². The molecule has 0 bridgehead atoms. The second-order valence-corrected chi connectivity index (χ2v) is 5.64. The Morgan fingerprint density at radius 2 is 2.00 bits per heavy atom. The first-order chi connectivity index (χ1) is 9.11. The fraction of sp³-hybridized carbons (Fsp3) is 0.562. The third-order valence-corrected chi connectivity index (χ3v) is 3.98. The Labute approximate surface area is 115 Å². The molecule has 1 atom stereocenters. The highest BCUT2D eigenvalue weighted by Gasteiger charge is 2.17. The zero-order chi connectivity index (χ0) is 13.8. The van der Waals surface area contributed by atoms with Crippen LogP contribution < -0.4 is 5.73 Å². The van der Waals surface area contributed by atoms with Crippen LogP contribution in [0.1, 0.15) is 36.5 Å². The lowest BCUT2D eigenvalue weighted by Gasteiger charge is -2.22. The molecule has 0 saturated carbocycles. The van der Waals surface area contributed by atoms with Crippen molar-refractivity contribution in [3.8, 4) is 0 Å². The molecule has 1 aliphatic rings. The van der Waals surface area contributed by atoms with Gasteiger partial charge in [-0.25, -0.2) is 0 Å². The molecule has 0 radical (unpaired) electrons. The summed E-state index contributed by atoms with van der Waals surface area (Å²) >= 11 is 0. The average molecular weight is 260 g/mol. The van der Waals surface area contributed by atoms with Gasteiger partial charge < -0.3 is 10.6 Å². The van der Waals surface area contributed by atoms with E-state index in [0.717, 1.165) is 0 Å². The molecule has 1 aliphatic carbocycles. The van der Waals surface area contributed by atoms with Gasteiger partial charge in [0.15, 0.2) is 0 Å². The molecule has 0 spiro atoms. The van der Waals surface area contributed by atoms with E-state index < -0.39 is 0 Å². The number of rotatable bonds is 4. The fourth-order valence-corrected chi connectivity index (χ4v) is 2.71. The van der Waals surface area contributed by atoms with Gasteiger partial charge in [0.05, 0.1) is 0 Å². The lowest BCUT2D eigenvalue weighted by Crippen LogP contribution is -2.34. The van der Waals surface area contributed by atoms with Crippen LogP contribution in [-0.2, 0) is 24.2 Å². The minimum atomic E-state index is -0.0948. The summed E-state index contributed by atoms with van der Waals surface area (Å²) in [5, 5.41) is 0. The Kier molecular flexibility index (Phi) is 4.59. The second-order valence-electron chi connectivity index (χ2n) is 5.64. The molecule has 0 fully saturated rings. The van der Waals surface area contributed by atoms with E-state index in [0.29, 0.717) is 13.1 Å². The minimum Gasteiger partial charge on any atom is -0.341 e. The number of carbonyl (C=O) groups is 1. The van der Waals surface area contributed by atoms with E-state index in [-0.39, 0.29) is 11.8 Å². The maximum atomic E-state index is 12.0. The molecule has 104 valence electrons. The number of nitrogens with two attached hydrogens (primary N) is 1. The van der Waals surface area contributed by atoms with E-state index in [1.165, 1.54) is 42.4 Å². The summed E-state index contributed by atoms with van der Waals surface area (Å²) in [4.78, 5) is 13.8. The summed E-state index contributed by atoms with van der Waals surface area (Å²) in [6, 6.07) is 6.65. The maximum Gasteiger partial charge on any atom is 0.226 e. The largest absolute Gasteiger partial charge is 0.341 e. The molecule has 1 aromatic rings. The SMILES string of the molecule is CC(CN)C(=O)N(C)Cc1ccc2c(c1)CCCC2. The molecule has 19 heavy (non-hydrogen) atoms. The van der Waals surface area contributed by atoms with Gasteiger partial charge in [0.1, 0.15) is 0 Å². The van der Waals surface area contributed by atoms with Crippen LogP contribution in [-0.4, -0.2) is 24.4 Å². The Morgan fingerprint density at radius 1 is 1.32 bits per heavy atom. The van der Waals surface area contributed by atoms with E-state index in [4.69, 9.17) is 5.73 Å². The number of hydrogen-bond donors (Lipinski definition) is 1. The predicted octanol–water partition coefficient (Wildman–Crippen LogP) is 2.12. The van der Waals surface area contributed by atoms with Crippen LogP contribution in [0.2, 0.25) is 0 Å². The van der Waals surface area contributed by atoms with Crippen LogP contribution >= 0.6 is 0 Å². The van der Waals surface area contributed by atoms with Crippen molar-refractivity contribution in [2.45, 2.75) is 39.2 Å². The zero-order valence-corrected chi connectivity index (χ0v) is 12.0. The van der Waals surface area contributed by atoms with Crippen LogP contribution in [0, 0.1) is 5.92 Å². The van der Waals surface area contributed by atoms with Gasteiger partial charge >= 0.3 is 0 Å². The standard InChI is InChI=1S/C16H24N2O/c1-12(10-17)16(19)18(2)11-13-7-8-14-5-3-4-6-15(14)9-13/h7-9,12H,3-6,10-11,17H2,1-2H3. The van der Waals surface area contributed by atoms with Crippen LogP contribution in [0.4, 0.5) is 0 Å². The number of carbonyl (C=O) groups excluding carboxylic acids is 1. The number of hydrogen-bond acceptors (Lipinski definition) is 2. The maximum absolute atomic E-state index is 12.0. The molecule has 0 aliphatic heterocycles. The van der Waals surface area contributed by atoms with Crippen molar-refractivity contribution >= 4 is 5.91 Å². The van der Waals surface area contributed by atoms with Gasteiger partial charge in [0, 0.05) is 26.1 Å². The zero-order valence-electron chi connectivity index (χ0n) is 12.0. The fourth-order valence-electron chi connectivity index (χ4n) is 2.71. The highest BCUT2D eigenvalue weighted by Crippen LogP contribution is 2.22. The summed E-state index contributed by atoms with van der Waals surface area (Å²) in [5.74, 6) is 0.0304. The summed E-state index contributed by atoms with van der Waals surface area (Å²) in [5.41, 5.74) is 9.73. The van der Waals surface area contributed by atoms with Crippen LogP contribution in [0.5, 0.6) is 0 Å². The molecule has 0 heterocycles. The third-order valence-electron chi connectivity index (χ3n) is 3.98. The molecule has 0 saturated heterocycles. The van der Waals surface area contributed by atoms with E-state index in [2.05, 4.69) is 18.2 Å². The number of aryl methyl sites for hydroxylation is 2. The van der Waals surface area contributed by atoms with Crippen LogP contribution in [0.25, 0.3) is 0 Å². The Balaban J connectivity index is 2.05. The van der Waals surface area contributed by atoms with Crippen molar-refractivity contribution < 1.29 is 4.79 Å². The monoisotopic (exact) mass is 260 g/mol. The summed E-state index contributed by atoms with van der Waals surface area (Å²) in [6.45, 7) is 2.97. The first-order valence-corrected chi connectivity index (χ1v) is 7.17. The summed E-state index contributed by atoms with van der Waals surface area (Å²) in [7, 11) is 1.86. The minimum absolute atomic E-state index is 0.0948. The van der Waals surface area contributed by atoms with Crippen molar-refractivity contribution in [1.29, 1.82) is 0 Å². The van der Waals surface area contributed by atoms with Crippen molar-refractivity contribution in [2.75, 3.05) is 13.6 Å². The lowest BCUT2D eigenvalue weighted by atomic mass is 9.90. The van der Waals surface area contributed by atoms with Gasteiger partial charge in [-0.15, -0.1) is 0 Å². The lowest BCUT2D eigenvalue weighted by molar-refractivity contribution is -0.133. The number of fused-ring (bicyclic) bond motifs is 1. The van der Waals surface area contributed by atoms with Crippen molar-refractivity contribution in [3.05, 3.63) is 34.9 Å². The molecule has 3 nitrogen and oxygen atoms in total. The highest BCUT2D eigenvalue weighted by atomic mass is 16.2. The molecule has 1 unspecified atom stereocenters. The van der Waals surface area contributed by atoms with E-state index in [9.17, 15) is 4.79 Å². The number of amides is 1. The summed E-state index contributed by atoms with van der Waals surface area (Å²) < 4.78 is 0. The highest BCUT2D eigenvalue weighted by molar-refractivity contribution is 5.78. The van der Waals surface area contributed by atoms with Crippen molar-refractivity contribution in [1.82, 2.24) is 4.90 Å². The first kappa shape index (κ1) is 14.1. The molecule has 1 amide bonds. The van der Waals surface area contributed by atoms with Crippen molar-refractivity contribution in [2.24, 2.45) is 11.7 Å². The molecule has 0 aromatic heterocycles. The van der Waals surface area contributed by atoms with Gasteiger partial charge in [-0.3, -0.25) is 4.79 Å². The van der Waals surface area contributed by atoms with Gasteiger partial charge in [-0.05, 0) is 42.4 Å². The average Bonchev–Trinajstić information content (AvgIpc) is 2.45. The van der Waals surface area contributed by atoms with Gasteiger partial charge in [0.2, 0.25) is 5.91 Å². The Morgan fingerprint density at radius 3 is 2.68 bits per heavy atom. The van der Waals surface area contributed by atoms with E-state index in [1.807, 2.05) is 14.0 Å². The van der Waals surface area contributed by atoms with E-state index >= 15 is 0 Å². The third kappa shape index (κ3) is 3.35. The predicted molar refractivity (Wildman–Crippen MR) is 77.8 cm³/mol. The quantitative estimate of drug-likeness (QED) is 0.901. The van der Waals surface area contributed by atoms with E-state index in [1.54, 1.807) is 4.90 Å². The normalized spacial score (nSPS) is 15.7. The van der Waals surface area contributed by atoms with Crippen molar-refractivity contribution in [3.63, 3.8) is 0 Å². The second kappa shape index (κ2) is 6.20. The molecule has 2 N–H and O–H groups in total. The molecule has 3 heteroatoms. The molecular weight excluding hydrogens is 236 g/mol. The number of nitrogens with zero attached hydrogens (tertiary/aromatic N) is 1. The summed E-state index contributed by atoms with van der Waals surface area (Å²) in [6.07, 6.45) is 4.98. The first-order valence-electron chi connectivity index (χ1n) is 7.17. The molecule has 1 aromatic carbocycles. The Bertz CT molecular complexity index is 456. The Hall–Kier alpha value is -1.35. The van der Waals surface area contributed by atoms with Gasteiger partial charge in [-0.1, -0.05) is 25.1 Å². The number of benzene rings is 1. The van der Waals surface area contributed by atoms with Gasteiger partial charge in [-0.2, -0.15) is 0 Å². The smallest absolute Gasteiger partial charge is 0.226 e. The van der Waals surface area contributed by atoms with Gasteiger partial charge in [0.25, 0.3) is 0 Å². The molecular formula is C16H24N2O.